The number of nitrogens with zero attached hydrogens (tertiary/aromatic N) is 3. The van der Waals surface area contributed by atoms with Crippen LogP contribution in [-0.4, -0.2) is 31.4 Å². The van der Waals surface area contributed by atoms with Crippen LogP contribution in [-0.2, 0) is 4.74 Å². The van der Waals surface area contributed by atoms with Gasteiger partial charge in [0, 0.05) is 6.72 Å². The Bertz CT molecular complexity index is 155. The first-order valence-electron chi connectivity index (χ1n) is 2.30. The van der Waals surface area contributed by atoms with Crippen LogP contribution >= 0.6 is 0 Å². The number of nitrogens with one attached hydrogen (secondary N) is 1. The Labute approximate surface area is 57.9 Å². The molecule has 56 valence electrons. The average Bonchev–Trinajstić information content (AvgIpc) is 1.99. The smallest absolute Gasteiger partial charge is 0.433 e. The molecule has 0 spiro atoms. The number of hydrazone groups is 2. The Morgan fingerprint density at radius 2 is 2.50 bits per heavy atom. The lowest BCUT2D eigenvalue weighted by Crippen LogP contribution is -2.19. The highest BCUT2D eigenvalue weighted by Crippen LogP contribution is 1.92. The second-order valence-corrected chi connectivity index (χ2v) is 1.15. The van der Waals surface area contributed by atoms with E-state index in [1.807, 2.05) is 0 Å². The SMILES string of the molecule is C=NN(N=C[NH-])C(=O)OC. The zero-order valence-corrected chi connectivity index (χ0v) is 5.44. The molecule has 0 saturated carbocycles. The molecule has 1 N–H and O–H groups in total. The molecule has 0 saturated heterocycles. The maximum Gasteiger partial charge on any atom is 0.433 e. The van der Waals surface area contributed by atoms with Crippen molar-refractivity contribution in [2.75, 3.05) is 7.11 Å². The Balaban J connectivity index is 4.06. The normalized spacial score (nSPS) is 9.30. The molecule has 0 atom stereocenters. The van der Waals surface area contributed by atoms with Crippen molar-refractivity contribution in [3.05, 3.63) is 5.73 Å². The van der Waals surface area contributed by atoms with Gasteiger partial charge in [-0.2, -0.15) is 10.2 Å². The predicted molar refractivity (Wildman–Crippen MR) is 36.6 cm³/mol. The molecule has 0 aromatic heterocycles. The van der Waals surface area contributed by atoms with Crippen LogP contribution in [0.15, 0.2) is 10.2 Å². The minimum atomic E-state index is -0.779. The first-order valence-corrected chi connectivity index (χ1v) is 2.30. The first kappa shape index (κ1) is 8.41. The van der Waals surface area contributed by atoms with Gasteiger partial charge >= 0.3 is 6.09 Å². The molecular formula is C4H7N4O2-. The predicted octanol–water partition coefficient (Wildman–Crippen LogP) is 0.666. The molecule has 0 aliphatic heterocycles. The summed E-state index contributed by atoms with van der Waals surface area (Å²) in [5.41, 5.74) is 6.48. The second kappa shape index (κ2) is 4.30. The average molecular weight is 143 g/mol. The largest absolute Gasteiger partial charge is 0.487 e. The number of methoxy groups -OCH3 is 1. The fourth-order valence-electron chi connectivity index (χ4n) is 0.278. The van der Waals surface area contributed by atoms with Crippen molar-refractivity contribution in [1.82, 2.24) is 5.12 Å². The lowest BCUT2D eigenvalue weighted by Gasteiger charge is -2.13. The Kier molecular flexibility index (Phi) is 3.62. The van der Waals surface area contributed by atoms with E-state index in [1.54, 1.807) is 0 Å². The molecule has 0 bridgehead atoms. The molecular weight excluding hydrogens is 136 g/mol. The van der Waals surface area contributed by atoms with Gasteiger partial charge in [-0.3, -0.25) is 0 Å². The molecule has 0 radical (unpaired) electrons. The number of amides is 1. The van der Waals surface area contributed by atoms with Crippen LogP contribution in [0.3, 0.4) is 0 Å². The van der Waals surface area contributed by atoms with Gasteiger partial charge in [0.1, 0.15) is 0 Å². The van der Waals surface area contributed by atoms with Crippen molar-refractivity contribution in [2.24, 2.45) is 10.2 Å². The molecule has 6 nitrogen and oxygen atoms in total. The third-order valence-electron chi connectivity index (χ3n) is 0.639. The number of ether oxygens (including phenoxy) is 1. The van der Waals surface area contributed by atoms with E-state index in [-0.39, 0.29) is 0 Å². The van der Waals surface area contributed by atoms with Gasteiger partial charge in [-0.15, -0.1) is 0 Å². The van der Waals surface area contributed by atoms with Gasteiger partial charge in [0.2, 0.25) is 0 Å². The van der Waals surface area contributed by atoms with Crippen molar-refractivity contribution in [2.45, 2.75) is 0 Å². The first-order chi connectivity index (χ1) is 4.76. The fourth-order valence-corrected chi connectivity index (χ4v) is 0.278. The van der Waals surface area contributed by atoms with Crippen LogP contribution < -0.4 is 0 Å². The maximum atomic E-state index is 10.5. The highest BCUT2D eigenvalue weighted by molar-refractivity contribution is 5.70. The minimum Gasteiger partial charge on any atom is -0.487 e. The van der Waals surface area contributed by atoms with Crippen LogP contribution in [0.2, 0.25) is 0 Å². The van der Waals surface area contributed by atoms with E-state index in [0.717, 1.165) is 0 Å². The van der Waals surface area contributed by atoms with Crippen LogP contribution in [0.4, 0.5) is 4.79 Å². The summed E-state index contributed by atoms with van der Waals surface area (Å²) in [6.07, 6.45) is -0.121. The van der Waals surface area contributed by atoms with Crippen molar-refractivity contribution < 1.29 is 9.53 Å². The van der Waals surface area contributed by atoms with E-state index in [0.29, 0.717) is 11.5 Å². The number of hydrogen-bond acceptors (Lipinski definition) is 4. The Morgan fingerprint density at radius 1 is 1.90 bits per heavy atom. The van der Waals surface area contributed by atoms with E-state index in [9.17, 15) is 4.79 Å². The van der Waals surface area contributed by atoms with Crippen molar-refractivity contribution in [3.8, 4) is 0 Å². The summed E-state index contributed by atoms with van der Waals surface area (Å²) in [5.74, 6) is 0. The molecule has 1 amide bonds. The second-order valence-electron chi connectivity index (χ2n) is 1.15. The molecule has 0 aliphatic rings. The van der Waals surface area contributed by atoms with E-state index < -0.39 is 6.09 Å². The molecule has 0 aromatic rings. The lowest BCUT2D eigenvalue weighted by molar-refractivity contribution is 0.127. The fraction of sp³-hybridized carbons (Fsp3) is 0.250. The van der Waals surface area contributed by atoms with Gasteiger partial charge in [-0.1, -0.05) is 6.34 Å². The van der Waals surface area contributed by atoms with E-state index in [1.165, 1.54) is 7.11 Å². The summed E-state index contributed by atoms with van der Waals surface area (Å²) < 4.78 is 4.21. The zero-order valence-electron chi connectivity index (χ0n) is 5.44. The zero-order chi connectivity index (χ0) is 7.98. The topological polar surface area (TPSA) is 78.1 Å². The quantitative estimate of drug-likeness (QED) is 0.323. The van der Waals surface area contributed by atoms with Gasteiger partial charge in [0.15, 0.2) is 0 Å². The summed E-state index contributed by atoms with van der Waals surface area (Å²) in [7, 11) is 1.18. The number of carbonyl (C=O) groups excluding carboxylic acids is 1. The molecule has 0 unspecified atom stereocenters. The number of hydrogen-bond donors (Lipinski definition) is 0. The minimum absolute atomic E-state index is 0.562. The van der Waals surface area contributed by atoms with Crippen molar-refractivity contribution >= 4 is 19.1 Å². The standard InChI is InChI=1S/C4H7N4O2/c1-6-8(7-3-5)4(9)10-2/h3H,1H2,2H3,(H-,5,7)/q-1. The monoisotopic (exact) mass is 143 g/mol. The maximum absolute atomic E-state index is 10.5. The molecule has 6 heteroatoms. The van der Waals surface area contributed by atoms with Crippen molar-refractivity contribution in [1.29, 1.82) is 0 Å². The molecule has 0 aromatic carbocycles. The van der Waals surface area contributed by atoms with Gasteiger partial charge < -0.3 is 15.6 Å². The van der Waals surface area contributed by atoms with Crippen LogP contribution in [0.1, 0.15) is 0 Å². The van der Waals surface area contributed by atoms with Gasteiger partial charge in [0.25, 0.3) is 0 Å². The summed E-state index contributed by atoms with van der Waals surface area (Å²) >= 11 is 0. The van der Waals surface area contributed by atoms with Crippen LogP contribution in [0.25, 0.3) is 5.73 Å². The summed E-state index contributed by atoms with van der Waals surface area (Å²) in [4.78, 5) is 10.5. The van der Waals surface area contributed by atoms with E-state index >= 15 is 0 Å². The Morgan fingerprint density at radius 3 is 2.80 bits per heavy atom. The van der Waals surface area contributed by atoms with Gasteiger partial charge in [0.05, 0.1) is 7.11 Å². The number of rotatable bonds is 2. The summed E-state index contributed by atoms with van der Waals surface area (Å²) in [6.45, 7) is 3.03. The van der Waals surface area contributed by atoms with Crippen LogP contribution in [0, 0.1) is 0 Å². The molecule has 0 heterocycles. The molecule has 0 fully saturated rings. The van der Waals surface area contributed by atoms with E-state index in [4.69, 9.17) is 5.73 Å². The van der Waals surface area contributed by atoms with Crippen LogP contribution in [0.5, 0.6) is 0 Å². The highest BCUT2D eigenvalue weighted by atomic mass is 16.5. The lowest BCUT2D eigenvalue weighted by atomic mass is 11.1. The molecule has 0 rings (SSSR count). The van der Waals surface area contributed by atoms with E-state index in [2.05, 4.69) is 21.7 Å². The van der Waals surface area contributed by atoms with Crippen molar-refractivity contribution in [3.63, 3.8) is 0 Å². The molecule has 10 heavy (non-hydrogen) atoms. The molecule has 0 aliphatic carbocycles. The summed E-state index contributed by atoms with van der Waals surface area (Å²) in [6, 6.07) is 0. The Hall–Kier alpha value is -1.59. The highest BCUT2D eigenvalue weighted by Gasteiger charge is 2.02. The van der Waals surface area contributed by atoms with Gasteiger partial charge in [-0.05, 0) is 0 Å². The number of carbonyl (C=O) groups is 1. The third kappa shape index (κ3) is 2.12. The summed E-state index contributed by atoms with van der Waals surface area (Å²) in [5, 5.41) is 6.89. The third-order valence-corrected chi connectivity index (χ3v) is 0.639. The van der Waals surface area contributed by atoms with Gasteiger partial charge in [-0.25, -0.2) is 4.79 Å².